The van der Waals surface area contributed by atoms with Gasteiger partial charge in [0.2, 0.25) is 5.91 Å². The minimum Gasteiger partial charge on any atom is -0.508 e. The molecule has 1 aliphatic heterocycles. The lowest BCUT2D eigenvalue weighted by Crippen LogP contribution is -2.46. The molecule has 0 radical (unpaired) electrons. The number of benzene rings is 2. The molecule has 0 saturated heterocycles. The van der Waals surface area contributed by atoms with Gasteiger partial charge in [-0.05, 0) is 49.2 Å². The monoisotopic (exact) mass is 354 g/mol. The fraction of sp³-hybridized carbons (Fsp3) is 0.300. The Morgan fingerprint density at radius 1 is 1.27 bits per heavy atom. The van der Waals surface area contributed by atoms with Crippen LogP contribution in [0.25, 0.3) is 0 Å². The average molecular weight is 354 g/mol. The molecule has 1 aliphatic rings. The smallest absolute Gasteiger partial charge is 0.268 e. The van der Waals surface area contributed by atoms with Crippen molar-refractivity contribution in [3.8, 4) is 11.5 Å². The first kappa shape index (κ1) is 17.8. The van der Waals surface area contributed by atoms with Crippen LogP contribution in [0, 0.1) is 6.92 Å². The number of aromatic hydroxyl groups is 1. The number of carbonyl (C=O) groups excluding carboxylic acids is 2. The number of amides is 2. The van der Waals surface area contributed by atoms with Crippen molar-refractivity contribution in [3.63, 3.8) is 0 Å². The summed E-state index contributed by atoms with van der Waals surface area (Å²) in [6.07, 6.45) is 0.214. The lowest BCUT2D eigenvalue weighted by Gasteiger charge is -2.33. The van der Waals surface area contributed by atoms with E-state index in [9.17, 15) is 14.7 Å². The van der Waals surface area contributed by atoms with E-state index < -0.39 is 6.10 Å². The fourth-order valence-corrected chi connectivity index (χ4v) is 2.98. The van der Waals surface area contributed by atoms with Gasteiger partial charge in [0.25, 0.3) is 5.91 Å². The van der Waals surface area contributed by atoms with Crippen LogP contribution in [0.5, 0.6) is 11.5 Å². The summed E-state index contributed by atoms with van der Waals surface area (Å²) in [6, 6.07) is 12.1. The number of nitrogens with zero attached hydrogens (tertiary/aromatic N) is 1. The van der Waals surface area contributed by atoms with Crippen LogP contribution in [0.2, 0.25) is 0 Å². The van der Waals surface area contributed by atoms with Gasteiger partial charge in [-0.25, -0.2) is 0 Å². The van der Waals surface area contributed by atoms with Gasteiger partial charge in [0, 0.05) is 18.7 Å². The van der Waals surface area contributed by atoms with Crippen LogP contribution in [0.15, 0.2) is 42.5 Å². The molecular weight excluding hydrogens is 332 g/mol. The molecule has 0 fully saturated rings. The summed E-state index contributed by atoms with van der Waals surface area (Å²) in [4.78, 5) is 26.6. The highest BCUT2D eigenvalue weighted by Crippen LogP contribution is 2.34. The number of hydrogen-bond donors (Lipinski definition) is 2. The van der Waals surface area contributed by atoms with Crippen LogP contribution in [-0.2, 0) is 9.59 Å². The molecule has 0 aromatic heterocycles. The summed E-state index contributed by atoms with van der Waals surface area (Å²) in [7, 11) is 0. The van der Waals surface area contributed by atoms with Gasteiger partial charge in [-0.15, -0.1) is 0 Å². The summed E-state index contributed by atoms with van der Waals surface area (Å²) >= 11 is 0. The second kappa shape index (κ2) is 7.47. The number of ether oxygens (including phenoxy) is 1. The largest absolute Gasteiger partial charge is 0.508 e. The van der Waals surface area contributed by atoms with Crippen molar-refractivity contribution < 1.29 is 19.4 Å². The van der Waals surface area contributed by atoms with Crippen molar-refractivity contribution in [1.82, 2.24) is 0 Å². The Bertz CT molecular complexity index is 834. The molecular formula is C20H22N2O4. The molecule has 3 rings (SSSR count). The van der Waals surface area contributed by atoms with E-state index in [4.69, 9.17) is 4.74 Å². The first-order valence-corrected chi connectivity index (χ1v) is 8.66. The second-order valence-corrected chi connectivity index (χ2v) is 6.27. The van der Waals surface area contributed by atoms with E-state index in [2.05, 4.69) is 5.32 Å². The maximum absolute atomic E-state index is 12.6. The number of aryl methyl sites for hydroxylation is 1. The van der Waals surface area contributed by atoms with Gasteiger partial charge < -0.3 is 20.1 Å². The fourth-order valence-electron chi connectivity index (χ4n) is 2.98. The maximum atomic E-state index is 12.6. The molecule has 2 amide bonds. The van der Waals surface area contributed by atoms with Crippen LogP contribution in [-0.4, -0.2) is 29.6 Å². The van der Waals surface area contributed by atoms with E-state index in [0.717, 1.165) is 5.56 Å². The molecule has 1 unspecified atom stereocenters. The molecule has 2 aromatic rings. The Balaban J connectivity index is 1.70. The summed E-state index contributed by atoms with van der Waals surface area (Å²) in [5.74, 6) is 0.499. The third-order valence-electron chi connectivity index (χ3n) is 4.38. The van der Waals surface area contributed by atoms with Crippen molar-refractivity contribution >= 4 is 23.2 Å². The van der Waals surface area contributed by atoms with E-state index >= 15 is 0 Å². The second-order valence-electron chi connectivity index (χ2n) is 6.27. The number of para-hydroxylation sites is 2. The van der Waals surface area contributed by atoms with E-state index in [1.807, 2.05) is 38.1 Å². The van der Waals surface area contributed by atoms with Crippen LogP contribution in [0.3, 0.4) is 0 Å². The zero-order valence-electron chi connectivity index (χ0n) is 14.9. The molecule has 2 N–H and O–H groups in total. The molecule has 6 heteroatoms. The predicted octanol–water partition coefficient (Wildman–Crippen LogP) is 3.23. The van der Waals surface area contributed by atoms with Gasteiger partial charge >= 0.3 is 0 Å². The molecule has 2 aromatic carbocycles. The van der Waals surface area contributed by atoms with Crippen molar-refractivity contribution in [2.75, 3.05) is 16.8 Å². The molecule has 1 heterocycles. The minimum atomic E-state index is -0.521. The Kier molecular flexibility index (Phi) is 5.11. The number of phenolic OH excluding ortho intramolecular Hbond substituents is 1. The Morgan fingerprint density at radius 2 is 2.04 bits per heavy atom. The van der Waals surface area contributed by atoms with Gasteiger partial charge in [-0.3, -0.25) is 9.59 Å². The first-order valence-electron chi connectivity index (χ1n) is 8.66. The lowest BCUT2D eigenvalue weighted by atomic mass is 10.1. The molecule has 0 bridgehead atoms. The van der Waals surface area contributed by atoms with Gasteiger partial charge in [0.05, 0.1) is 5.69 Å². The number of fused-ring (bicyclic) bond motifs is 1. The zero-order chi connectivity index (χ0) is 18.7. The highest BCUT2D eigenvalue weighted by Gasteiger charge is 2.33. The zero-order valence-corrected chi connectivity index (χ0v) is 14.9. The van der Waals surface area contributed by atoms with Crippen LogP contribution >= 0.6 is 0 Å². The quantitative estimate of drug-likeness (QED) is 0.808. The standard InChI is InChI=1S/C20H22N2O4/c1-3-17-20(25)22(16-6-4-5-7-18(16)26-17)11-10-19(24)21-15-9-8-14(23)12-13(15)2/h4-9,12,17,23H,3,10-11H2,1-2H3,(H,21,24). The van der Waals surface area contributed by atoms with Gasteiger partial charge in [-0.1, -0.05) is 19.1 Å². The number of nitrogens with one attached hydrogen (secondary N) is 1. The summed E-state index contributed by atoms with van der Waals surface area (Å²) in [6.45, 7) is 3.98. The Morgan fingerprint density at radius 3 is 2.77 bits per heavy atom. The number of anilines is 2. The number of rotatable bonds is 5. The van der Waals surface area contributed by atoms with E-state index in [-0.39, 0.29) is 30.5 Å². The number of phenols is 1. The minimum absolute atomic E-state index is 0.125. The summed E-state index contributed by atoms with van der Waals surface area (Å²) in [5.41, 5.74) is 2.11. The van der Waals surface area contributed by atoms with E-state index in [0.29, 0.717) is 23.5 Å². The van der Waals surface area contributed by atoms with Gasteiger partial charge in [0.15, 0.2) is 6.10 Å². The highest BCUT2D eigenvalue weighted by molar-refractivity contribution is 6.01. The van der Waals surface area contributed by atoms with Crippen molar-refractivity contribution in [1.29, 1.82) is 0 Å². The summed E-state index contributed by atoms with van der Waals surface area (Å²) < 4.78 is 5.74. The highest BCUT2D eigenvalue weighted by atomic mass is 16.5. The molecule has 26 heavy (non-hydrogen) atoms. The van der Waals surface area contributed by atoms with Gasteiger partial charge in [0.1, 0.15) is 11.5 Å². The maximum Gasteiger partial charge on any atom is 0.268 e. The first-order chi connectivity index (χ1) is 12.5. The molecule has 136 valence electrons. The summed E-state index contributed by atoms with van der Waals surface area (Å²) in [5, 5.41) is 12.3. The van der Waals surface area contributed by atoms with E-state index in [1.54, 1.807) is 17.0 Å². The average Bonchev–Trinajstić information content (AvgIpc) is 2.63. The van der Waals surface area contributed by atoms with Crippen LogP contribution < -0.4 is 15.0 Å². The normalized spacial score (nSPS) is 16.0. The molecule has 0 saturated carbocycles. The molecule has 1 atom stereocenters. The molecule has 0 aliphatic carbocycles. The third-order valence-corrected chi connectivity index (χ3v) is 4.38. The third kappa shape index (κ3) is 3.64. The number of hydrogen-bond acceptors (Lipinski definition) is 4. The Hall–Kier alpha value is -3.02. The van der Waals surface area contributed by atoms with Crippen molar-refractivity contribution in [2.45, 2.75) is 32.8 Å². The lowest BCUT2D eigenvalue weighted by molar-refractivity contribution is -0.126. The topological polar surface area (TPSA) is 78.9 Å². The molecule has 0 spiro atoms. The van der Waals surface area contributed by atoms with Gasteiger partial charge in [-0.2, -0.15) is 0 Å². The van der Waals surface area contributed by atoms with Crippen LogP contribution in [0.4, 0.5) is 11.4 Å². The van der Waals surface area contributed by atoms with Crippen molar-refractivity contribution in [2.24, 2.45) is 0 Å². The Labute approximate surface area is 152 Å². The predicted molar refractivity (Wildman–Crippen MR) is 99.6 cm³/mol. The van der Waals surface area contributed by atoms with E-state index in [1.165, 1.54) is 6.07 Å². The van der Waals surface area contributed by atoms with Crippen LogP contribution in [0.1, 0.15) is 25.3 Å². The molecule has 6 nitrogen and oxygen atoms in total. The van der Waals surface area contributed by atoms with Crippen molar-refractivity contribution in [3.05, 3.63) is 48.0 Å². The SMILES string of the molecule is CCC1Oc2ccccc2N(CCC(=O)Nc2ccc(O)cc2C)C1=O. The number of carbonyl (C=O) groups is 2.